The summed E-state index contributed by atoms with van der Waals surface area (Å²) in [5.41, 5.74) is 4.74. The minimum Gasteiger partial charge on any atom is -0.492 e. The van der Waals surface area contributed by atoms with Gasteiger partial charge in [0.1, 0.15) is 12.4 Å². The predicted octanol–water partition coefficient (Wildman–Crippen LogP) is 5.92. The first-order valence-electron chi connectivity index (χ1n) is 13.8. The summed E-state index contributed by atoms with van der Waals surface area (Å²) in [5, 5.41) is 0. The van der Waals surface area contributed by atoms with Crippen LogP contribution in [-0.4, -0.2) is 53.5 Å². The lowest BCUT2D eigenvalue weighted by Gasteiger charge is -2.45. The molecular weight excluding hydrogens is 458 g/mol. The van der Waals surface area contributed by atoms with Gasteiger partial charge in [-0.15, -0.1) is 0 Å². The van der Waals surface area contributed by atoms with E-state index in [1.807, 2.05) is 42.7 Å². The number of aromatic nitrogens is 1. The van der Waals surface area contributed by atoms with Crippen LogP contribution in [0.1, 0.15) is 59.2 Å². The zero-order valence-corrected chi connectivity index (χ0v) is 22.1. The molecule has 0 bridgehead atoms. The van der Waals surface area contributed by atoms with Crippen molar-refractivity contribution in [2.75, 3.05) is 32.8 Å². The van der Waals surface area contributed by atoms with E-state index in [1.54, 1.807) is 0 Å². The molecule has 0 atom stereocenters. The highest BCUT2D eigenvalue weighted by Gasteiger charge is 2.37. The van der Waals surface area contributed by atoms with Crippen LogP contribution in [0.4, 0.5) is 0 Å². The molecule has 1 spiro atoms. The topological polar surface area (TPSA) is 45.7 Å². The summed E-state index contributed by atoms with van der Waals surface area (Å²) in [7, 11) is 0. The molecule has 0 radical (unpaired) electrons. The van der Waals surface area contributed by atoms with Crippen molar-refractivity contribution in [2.24, 2.45) is 5.41 Å². The van der Waals surface area contributed by atoms with Gasteiger partial charge in [-0.1, -0.05) is 48.4 Å². The second-order valence-electron chi connectivity index (χ2n) is 10.9. The average molecular weight is 498 g/mol. The maximum Gasteiger partial charge on any atom is 0.253 e. The van der Waals surface area contributed by atoms with E-state index in [1.165, 1.54) is 29.5 Å². The van der Waals surface area contributed by atoms with Crippen molar-refractivity contribution in [1.29, 1.82) is 0 Å². The lowest BCUT2D eigenvalue weighted by molar-refractivity contribution is 0.0361. The van der Waals surface area contributed by atoms with E-state index in [4.69, 9.17) is 4.74 Å². The summed E-state index contributed by atoms with van der Waals surface area (Å²) < 4.78 is 6.30. The van der Waals surface area contributed by atoms with Gasteiger partial charge in [-0.25, -0.2) is 0 Å². The number of para-hydroxylation sites is 1. The number of carbonyl (C=O) groups is 1. The highest BCUT2D eigenvalue weighted by Crippen LogP contribution is 2.39. The van der Waals surface area contributed by atoms with Gasteiger partial charge in [-0.3, -0.25) is 14.7 Å². The predicted molar refractivity (Wildman–Crippen MR) is 148 cm³/mol. The van der Waals surface area contributed by atoms with Gasteiger partial charge >= 0.3 is 0 Å². The average Bonchev–Trinajstić information content (AvgIpc) is 2.92. The number of hydrogen-bond acceptors (Lipinski definition) is 4. The number of nitrogens with zero attached hydrogens (tertiary/aromatic N) is 3. The Morgan fingerprint density at radius 2 is 1.76 bits per heavy atom. The van der Waals surface area contributed by atoms with Crippen molar-refractivity contribution in [2.45, 2.75) is 52.0 Å². The fourth-order valence-electron chi connectivity index (χ4n) is 5.94. The van der Waals surface area contributed by atoms with E-state index in [-0.39, 0.29) is 11.3 Å². The summed E-state index contributed by atoms with van der Waals surface area (Å²) >= 11 is 0. The van der Waals surface area contributed by atoms with Gasteiger partial charge in [0.2, 0.25) is 0 Å². The van der Waals surface area contributed by atoms with Crippen molar-refractivity contribution in [3.63, 3.8) is 0 Å². The summed E-state index contributed by atoms with van der Waals surface area (Å²) in [5.74, 6) is 1.20. The zero-order valence-electron chi connectivity index (χ0n) is 22.1. The smallest absolute Gasteiger partial charge is 0.253 e. The molecule has 1 aromatic heterocycles. The molecule has 3 aromatic rings. The van der Waals surface area contributed by atoms with Gasteiger partial charge < -0.3 is 9.64 Å². The molecule has 0 N–H and O–H groups in total. The number of rotatable bonds is 3. The first-order valence-corrected chi connectivity index (χ1v) is 13.8. The molecule has 2 aliphatic rings. The molecular formula is C32H39N3O2. The molecule has 2 aromatic carbocycles. The normalized spacial score (nSPS) is 18.8. The molecule has 0 saturated carbocycles. The lowest BCUT2D eigenvalue weighted by atomic mass is 9.73. The van der Waals surface area contributed by atoms with Crippen molar-refractivity contribution in [1.82, 2.24) is 14.8 Å². The first kappa shape index (κ1) is 25.5. The Balaban J connectivity index is 1.32. The molecule has 5 rings (SSSR count). The van der Waals surface area contributed by atoms with Crippen LogP contribution in [0.3, 0.4) is 0 Å². The van der Waals surface area contributed by atoms with Crippen LogP contribution in [0, 0.1) is 12.3 Å². The highest BCUT2D eigenvalue weighted by atomic mass is 16.5. The van der Waals surface area contributed by atoms with Crippen molar-refractivity contribution >= 4 is 5.91 Å². The van der Waals surface area contributed by atoms with Gasteiger partial charge in [-0.05, 0) is 79.8 Å². The van der Waals surface area contributed by atoms with Gasteiger partial charge in [0.25, 0.3) is 5.91 Å². The Morgan fingerprint density at radius 3 is 2.54 bits per heavy atom. The summed E-state index contributed by atoms with van der Waals surface area (Å²) in [4.78, 5) is 22.2. The first-order chi connectivity index (χ1) is 18.1. The third-order valence-corrected chi connectivity index (χ3v) is 8.14. The van der Waals surface area contributed by atoms with Crippen LogP contribution in [0.25, 0.3) is 0 Å². The third kappa shape index (κ3) is 6.58. The molecule has 5 nitrogen and oxygen atoms in total. The Morgan fingerprint density at radius 1 is 0.946 bits per heavy atom. The summed E-state index contributed by atoms with van der Waals surface area (Å²) in [6.45, 7) is 7.15. The number of carbonyl (C=O) groups excluding carboxylic acids is 1. The van der Waals surface area contributed by atoms with E-state index in [9.17, 15) is 4.79 Å². The quantitative estimate of drug-likeness (QED) is 0.451. The number of amides is 1. The molecule has 194 valence electrons. The van der Waals surface area contributed by atoms with Crippen LogP contribution in [-0.2, 0) is 13.0 Å². The number of pyridine rings is 1. The minimum atomic E-state index is 0.167. The lowest BCUT2D eigenvalue weighted by Crippen LogP contribution is -2.48. The van der Waals surface area contributed by atoms with Crippen molar-refractivity contribution in [3.8, 4) is 5.75 Å². The fraction of sp³-hybridized carbons (Fsp3) is 0.438. The number of fused-ring (bicyclic) bond motifs is 1. The Kier molecular flexibility index (Phi) is 8.20. The van der Waals surface area contributed by atoms with Crippen molar-refractivity contribution in [3.05, 3.63) is 95.3 Å². The van der Waals surface area contributed by atoms with Crippen LogP contribution in [0.5, 0.6) is 5.75 Å². The van der Waals surface area contributed by atoms with Crippen LogP contribution >= 0.6 is 0 Å². The standard InChI is InChI=1S/C32H39N3O2/c1-26-11-13-29(14-12-26)31(36)35-19-16-32(17-20-35)15-5-4-9-28-8-2-3-10-30(28)37-22-21-34(25-32)24-27-7-6-18-33-23-27/h2-3,6-8,10-14,18,23H,4-5,9,15-17,19-22,24-25H2,1H3. The van der Waals surface area contributed by atoms with Crippen LogP contribution < -0.4 is 4.74 Å². The minimum absolute atomic E-state index is 0.167. The van der Waals surface area contributed by atoms with Gasteiger partial charge in [-0.2, -0.15) is 0 Å². The maximum absolute atomic E-state index is 13.2. The van der Waals surface area contributed by atoms with E-state index in [0.29, 0.717) is 6.61 Å². The number of benzene rings is 2. The van der Waals surface area contributed by atoms with Gasteiger partial charge in [0.05, 0.1) is 0 Å². The van der Waals surface area contributed by atoms with Crippen LogP contribution in [0.15, 0.2) is 73.1 Å². The number of aryl methyl sites for hydroxylation is 2. The third-order valence-electron chi connectivity index (χ3n) is 8.14. The monoisotopic (exact) mass is 497 g/mol. The molecule has 0 unspecified atom stereocenters. The summed E-state index contributed by atoms with van der Waals surface area (Å²) in [6.07, 6.45) is 10.5. The highest BCUT2D eigenvalue weighted by molar-refractivity contribution is 5.94. The SMILES string of the molecule is Cc1ccc(C(=O)N2CCC3(CCCCc4ccccc4OCCN(Cc4cccnc4)C3)CC2)cc1. The van der Waals surface area contributed by atoms with Gasteiger partial charge in [0, 0.05) is 50.7 Å². The molecule has 2 aliphatic heterocycles. The number of likely N-dealkylation sites (tertiary alicyclic amines) is 1. The Bertz CT molecular complexity index is 1150. The van der Waals surface area contributed by atoms with E-state index in [0.717, 1.165) is 69.7 Å². The van der Waals surface area contributed by atoms with E-state index < -0.39 is 0 Å². The van der Waals surface area contributed by atoms with Gasteiger partial charge in [0.15, 0.2) is 0 Å². The summed E-state index contributed by atoms with van der Waals surface area (Å²) in [6, 6.07) is 20.7. The maximum atomic E-state index is 13.2. The van der Waals surface area contributed by atoms with E-state index in [2.05, 4.69) is 52.0 Å². The zero-order chi connectivity index (χ0) is 25.5. The van der Waals surface area contributed by atoms with Crippen molar-refractivity contribution < 1.29 is 9.53 Å². The second-order valence-corrected chi connectivity index (χ2v) is 10.9. The molecule has 37 heavy (non-hydrogen) atoms. The molecule has 5 heteroatoms. The Labute approximate surface area is 221 Å². The number of hydrogen-bond donors (Lipinski definition) is 0. The molecule has 1 fully saturated rings. The number of piperidine rings is 1. The van der Waals surface area contributed by atoms with E-state index >= 15 is 0 Å². The second kappa shape index (κ2) is 11.9. The number of ether oxygens (including phenoxy) is 1. The largest absolute Gasteiger partial charge is 0.492 e. The fourth-order valence-corrected chi connectivity index (χ4v) is 5.94. The Hall–Kier alpha value is -3.18. The molecule has 1 saturated heterocycles. The molecule has 1 amide bonds. The molecule has 3 heterocycles. The van der Waals surface area contributed by atoms with Crippen LogP contribution in [0.2, 0.25) is 0 Å². The molecule has 0 aliphatic carbocycles.